The Kier molecular flexibility index (Phi) is 2.91. The number of hydrogen-bond donors (Lipinski definition) is 1. The van der Waals surface area contributed by atoms with E-state index in [4.69, 9.17) is 5.11 Å². The maximum atomic E-state index is 10.9. The minimum Gasteiger partial charge on any atom is -0.477 e. The number of nitrogens with zero attached hydrogens (tertiary/aromatic N) is 1. The lowest BCUT2D eigenvalue weighted by atomic mass is 10.0. The van der Waals surface area contributed by atoms with Crippen molar-refractivity contribution in [3.63, 3.8) is 0 Å². The van der Waals surface area contributed by atoms with E-state index in [-0.39, 0.29) is 5.69 Å². The van der Waals surface area contributed by atoms with Gasteiger partial charge >= 0.3 is 5.97 Å². The minimum atomic E-state index is -1.00. The molecule has 0 spiro atoms. The fourth-order valence-corrected chi connectivity index (χ4v) is 1.84. The smallest absolute Gasteiger partial charge is 0.354 e. The molecule has 0 atom stereocenters. The van der Waals surface area contributed by atoms with Crippen molar-refractivity contribution in [3.05, 3.63) is 53.2 Å². The number of carboxylic acid groups (broad SMARTS) is 1. The van der Waals surface area contributed by atoms with E-state index in [1.807, 2.05) is 32.0 Å². The van der Waals surface area contributed by atoms with E-state index in [1.165, 1.54) is 6.07 Å². The summed E-state index contributed by atoms with van der Waals surface area (Å²) in [7, 11) is 0. The summed E-state index contributed by atoms with van der Waals surface area (Å²) < 4.78 is 0. The molecule has 0 radical (unpaired) electrons. The van der Waals surface area contributed by atoms with Gasteiger partial charge in [-0.3, -0.25) is 0 Å². The lowest BCUT2D eigenvalue weighted by molar-refractivity contribution is 0.0690. The average Bonchev–Trinajstić information content (AvgIpc) is 2.28. The summed E-state index contributed by atoms with van der Waals surface area (Å²) in [6, 6.07) is 11.1. The first-order valence-corrected chi connectivity index (χ1v) is 5.35. The quantitative estimate of drug-likeness (QED) is 0.857. The summed E-state index contributed by atoms with van der Waals surface area (Å²) >= 11 is 0. The Morgan fingerprint density at radius 3 is 2.35 bits per heavy atom. The second kappa shape index (κ2) is 4.37. The molecule has 0 unspecified atom stereocenters. The van der Waals surface area contributed by atoms with Gasteiger partial charge in [-0.2, -0.15) is 0 Å². The number of carbonyl (C=O) groups is 1. The summed E-state index contributed by atoms with van der Waals surface area (Å²) in [5.41, 5.74) is 3.99. The molecule has 0 saturated heterocycles. The standard InChI is InChI=1S/C14H13NO2/c1-9-6-10(2)8-11(7-9)12-4-3-5-13(15-12)14(16)17/h3-8H,1-2H3,(H,16,17). The zero-order valence-corrected chi connectivity index (χ0v) is 9.77. The van der Waals surface area contributed by atoms with E-state index in [0.717, 1.165) is 16.7 Å². The molecule has 1 heterocycles. The summed E-state index contributed by atoms with van der Waals surface area (Å²) in [5.74, 6) is -1.00. The number of pyridine rings is 1. The van der Waals surface area contributed by atoms with Crippen molar-refractivity contribution in [2.75, 3.05) is 0 Å². The third kappa shape index (κ3) is 2.50. The molecule has 0 aliphatic heterocycles. The van der Waals surface area contributed by atoms with Crippen LogP contribution in [0.3, 0.4) is 0 Å². The Hall–Kier alpha value is -2.16. The second-order valence-electron chi connectivity index (χ2n) is 4.09. The maximum absolute atomic E-state index is 10.9. The Labute approximate surface area is 99.8 Å². The van der Waals surface area contributed by atoms with E-state index in [1.54, 1.807) is 6.07 Å². The van der Waals surface area contributed by atoms with E-state index < -0.39 is 5.97 Å². The van der Waals surface area contributed by atoms with Crippen LogP contribution in [0.4, 0.5) is 0 Å². The monoisotopic (exact) mass is 227 g/mol. The first-order chi connectivity index (χ1) is 8.06. The van der Waals surface area contributed by atoms with Crippen LogP contribution in [-0.2, 0) is 0 Å². The Morgan fingerprint density at radius 2 is 1.76 bits per heavy atom. The fourth-order valence-electron chi connectivity index (χ4n) is 1.84. The van der Waals surface area contributed by atoms with Crippen molar-refractivity contribution >= 4 is 5.97 Å². The van der Waals surface area contributed by atoms with Crippen LogP contribution in [0, 0.1) is 13.8 Å². The number of aryl methyl sites for hydroxylation is 2. The predicted octanol–water partition coefficient (Wildman–Crippen LogP) is 3.06. The molecule has 0 aliphatic carbocycles. The number of aromatic carboxylic acids is 1. The minimum absolute atomic E-state index is 0.0710. The molecule has 1 N–H and O–H groups in total. The summed E-state index contributed by atoms with van der Waals surface area (Å²) in [5, 5.41) is 8.90. The number of rotatable bonds is 2. The molecule has 3 nitrogen and oxygen atoms in total. The van der Waals surface area contributed by atoms with Gasteiger partial charge in [0, 0.05) is 5.56 Å². The van der Waals surface area contributed by atoms with Crippen LogP contribution in [0.5, 0.6) is 0 Å². The van der Waals surface area contributed by atoms with Gasteiger partial charge in [-0.1, -0.05) is 23.3 Å². The van der Waals surface area contributed by atoms with Gasteiger partial charge in [0.2, 0.25) is 0 Å². The van der Waals surface area contributed by atoms with Crippen molar-refractivity contribution < 1.29 is 9.90 Å². The molecule has 2 aromatic rings. The highest BCUT2D eigenvalue weighted by Crippen LogP contribution is 2.20. The van der Waals surface area contributed by atoms with Crippen molar-refractivity contribution in [2.24, 2.45) is 0 Å². The molecule has 1 aromatic carbocycles. The molecule has 17 heavy (non-hydrogen) atoms. The largest absolute Gasteiger partial charge is 0.477 e. The molecular formula is C14H13NO2. The van der Waals surface area contributed by atoms with Crippen LogP contribution < -0.4 is 0 Å². The van der Waals surface area contributed by atoms with Crippen LogP contribution in [0.25, 0.3) is 11.3 Å². The van der Waals surface area contributed by atoms with Crippen LogP contribution in [-0.4, -0.2) is 16.1 Å². The molecule has 0 bridgehead atoms. The molecule has 0 fully saturated rings. The Bertz CT molecular complexity index is 556. The summed E-state index contributed by atoms with van der Waals surface area (Å²) in [6.45, 7) is 4.02. The van der Waals surface area contributed by atoms with Gasteiger partial charge in [0.15, 0.2) is 0 Å². The maximum Gasteiger partial charge on any atom is 0.354 e. The van der Waals surface area contributed by atoms with Gasteiger partial charge in [-0.25, -0.2) is 9.78 Å². The highest BCUT2D eigenvalue weighted by atomic mass is 16.4. The van der Waals surface area contributed by atoms with Gasteiger partial charge in [0.05, 0.1) is 5.69 Å². The van der Waals surface area contributed by atoms with Gasteiger partial charge in [0.1, 0.15) is 5.69 Å². The van der Waals surface area contributed by atoms with E-state index in [2.05, 4.69) is 11.1 Å². The summed E-state index contributed by atoms with van der Waals surface area (Å²) in [4.78, 5) is 15.0. The van der Waals surface area contributed by atoms with Crippen LogP contribution >= 0.6 is 0 Å². The molecule has 2 rings (SSSR count). The molecular weight excluding hydrogens is 214 g/mol. The van der Waals surface area contributed by atoms with Gasteiger partial charge in [0.25, 0.3) is 0 Å². The van der Waals surface area contributed by atoms with E-state index in [0.29, 0.717) is 5.69 Å². The number of benzene rings is 1. The Morgan fingerprint density at radius 1 is 1.12 bits per heavy atom. The molecule has 86 valence electrons. The van der Waals surface area contributed by atoms with Gasteiger partial charge in [-0.05, 0) is 38.1 Å². The van der Waals surface area contributed by atoms with Crippen LogP contribution in [0.1, 0.15) is 21.6 Å². The van der Waals surface area contributed by atoms with Crippen LogP contribution in [0.2, 0.25) is 0 Å². The van der Waals surface area contributed by atoms with E-state index in [9.17, 15) is 4.79 Å². The average molecular weight is 227 g/mol. The number of aromatic nitrogens is 1. The highest BCUT2D eigenvalue weighted by Gasteiger charge is 2.07. The van der Waals surface area contributed by atoms with Gasteiger partial charge in [-0.15, -0.1) is 0 Å². The van der Waals surface area contributed by atoms with Crippen LogP contribution in [0.15, 0.2) is 36.4 Å². The third-order valence-electron chi connectivity index (χ3n) is 2.49. The number of hydrogen-bond acceptors (Lipinski definition) is 2. The highest BCUT2D eigenvalue weighted by molar-refractivity contribution is 5.86. The van der Waals surface area contributed by atoms with Crippen molar-refractivity contribution in [2.45, 2.75) is 13.8 Å². The van der Waals surface area contributed by atoms with Gasteiger partial charge < -0.3 is 5.11 Å². The molecule has 0 aliphatic rings. The molecule has 0 saturated carbocycles. The first kappa shape index (κ1) is 11.3. The predicted molar refractivity (Wildman–Crippen MR) is 66.1 cm³/mol. The lowest BCUT2D eigenvalue weighted by Gasteiger charge is -2.05. The molecule has 0 amide bonds. The lowest BCUT2D eigenvalue weighted by Crippen LogP contribution is -2.00. The SMILES string of the molecule is Cc1cc(C)cc(-c2cccc(C(=O)O)n2)c1. The molecule has 1 aromatic heterocycles. The zero-order valence-electron chi connectivity index (χ0n) is 9.77. The third-order valence-corrected chi connectivity index (χ3v) is 2.49. The van der Waals surface area contributed by atoms with Crippen molar-refractivity contribution in [1.82, 2.24) is 4.98 Å². The van der Waals surface area contributed by atoms with E-state index >= 15 is 0 Å². The first-order valence-electron chi connectivity index (χ1n) is 5.35. The topological polar surface area (TPSA) is 50.2 Å². The fraction of sp³-hybridized carbons (Fsp3) is 0.143. The Balaban J connectivity index is 2.52. The second-order valence-corrected chi connectivity index (χ2v) is 4.09. The van der Waals surface area contributed by atoms with Crippen molar-refractivity contribution in [1.29, 1.82) is 0 Å². The number of carboxylic acids is 1. The summed E-state index contributed by atoms with van der Waals surface area (Å²) in [6.07, 6.45) is 0. The van der Waals surface area contributed by atoms with Crippen molar-refractivity contribution in [3.8, 4) is 11.3 Å². The normalized spacial score (nSPS) is 10.2. The zero-order chi connectivity index (χ0) is 12.4. The molecule has 3 heteroatoms.